The summed E-state index contributed by atoms with van der Waals surface area (Å²) in [5.74, 6) is 3.06. The number of aromatic nitrogens is 32. The van der Waals surface area contributed by atoms with Gasteiger partial charge in [-0.2, -0.15) is 18.7 Å². The molecule has 0 radical (unpaired) electrons. The highest BCUT2D eigenvalue weighted by Crippen LogP contribution is 2.24. The van der Waals surface area contributed by atoms with Crippen LogP contribution in [0.15, 0.2) is 72.0 Å². The third-order valence-corrected chi connectivity index (χ3v) is 13.2. The second kappa shape index (κ2) is 28.8. The highest BCUT2D eigenvalue weighted by atomic mass is 32.1. The maximum atomic E-state index is 12.1. The summed E-state index contributed by atoms with van der Waals surface area (Å²) in [6.45, 7) is 7.48. The van der Waals surface area contributed by atoms with Crippen LogP contribution in [0.25, 0.3) is 29.3 Å². The van der Waals surface area contributed by atoms with Gasteiger partial charge in [-0.05, 0) is 88.4 Å². The molecule has 45 heteroatoms. The molecule has 0 unspecified atom stereocenters. The molecule has 12 rings (SSSR count). The zero-order valence-corrected chi connectivity index (χ0v) is 49.1. The molecule has 0 N–H and O–H groups in total. The van der Waals surface area contributed by atoms with E-state index >= 15 is 0 Å². The van der Waals surface area contributed by atoms with Crippen LogP contribution in [0.4, 0.5) is 0 Å². The van der Waals surface area contributed by atoms with E-state index in [4.69, 9.17) is 35.6 Å². The lowest BCUT2D eigenvalue weighted by atomic mass is 10.2. The van der Waals surface area contributed by atoms with Crippen LogP contribution in [0.2, 0.25) is 0 Å². The quantitative estimate of drug-likeness (QED) is 0.0796. The monoisotopic (exact) mass is 1280 g/mol. The van der Waals surface area contributed by atoms with Gasteiger partial charge in [0.1, 0.15) is 37.7 Å². The maximum absolute atomic E-state index is 12.1. The third kappa shape index (κ3) is 14.3. The van der Waals surface area contributed by atoms with E-state index in [0.29, 0.717) is 55.8 Å². The van der Waals surface area contributed by atoms with Crippen LogP contribution < -0.4 is 46.4 Å². The minimum Gasteiger partial charge on any atom is -0.476 e. The second-order valence-corrected chi connectivity index (χ2v) is 19.4. The van der Waals surface area contributed by atoms with Crippen LogP contribution in [-0.2, 0) is 54.6 Å². The van der Waals surface area contributed by atoms with Gasteiger partial charge >= 0.3 is 22.8 Å². The summed E-state index contributed by atoms with van der Waals surface area (Å²) < 4.78 is 65.2. The molecule has 0 amide bonds. The topological polar surface area (TPSA) is 463 Å². The highest BCUT2D eigenvalue weighted by Gasteiger charge is 2.23. The van der Waals surface area contributed by atoms with Gasteiger partial charge < -0.3 is 23.7 Å². The second-order valence-electron chi connectivity index (χ2n) is 16.1. The Kier molecular flexibility index (Phi) is 18.1. The fourth-order valence-corrected chi connectivity index (χ4v) is 8.27. The van der Waals surface area contributed by atoms with Crippen LogP contribution in [0.1, 0.15) is 51.7 Å². The van der Waals surface area contributed by atoms with E-state index in [0.717, 1.165) is 48.8 Å². The first-order valence-electron chi connectivity index (χ1n) is 26.1. The van der Waals surface area contributed by atoms with Crippen molar-refractivity contribution < 1.29 is 29.2 Å². The molecule has 0 bridgehead atoms. The third-order valence-electron chi connectivity index (χ3n) is 10.7. The van der Waals surface area contributed by atoms with Gasteiger partial charge in [0.2, 0.25) is 5.88 Å². The molecule has 41 nitrogen and oxygen atoms in total. The molecule has 0 spiro atoms. The number of tetrazole rings is 4. The zero-order chi connectivity index (χ0) is 65.6. The van der Waals surface area contributed by atoms with Gasteiger partial charge in [-0.1, -0.05) is 57.0 Å². The first-order chi connectivity index (χ1) is 44.3. The van der Waals surface area contributed by atoms with Gasteiger partial charge in [0.25, 0.3) is 20.8 Å². The van der Waals surface area contributed by atoms with E-state index in [9.17, 15) is 19.2 Å². The predicted octanol–water partition coefficient (Wildman–Crippen LogP) is -1.92. The molecule has 88 heavy (non-hydrogen) atoms. The lowest BCUT2D eigenvalue weighted by molar-refractivity contribution is 0.274. The predicted molar refractivity (Wildman–Crippen MR) is 300 cm³/mol. The molecule has 12 aromatic rings. The van der Waals surface area contributed by atoms with Crippen molar-refractivity contribution in [3.05, 3.63) is 134 Å². The number of thiazole rings is 4. The van der Waals surface area contributed by atoms with Crippen molar-refractivity contribution in [2.75, 3.05) is 6.61 Å². The first-order valence-corrected chi connectivity index (χ1v) is 27.6. The lowest BCUT2D eigenvalue weighted by Gasteiger charge is -2.10. The summed E-state index contributed by atoms with van der Waals surface area (Å²) >= 11 is 4.73. The normalized spacial score (nSPS) is 11.2. The van der Waals surface area contributed by atoms with Gasteiger partial charge in [0.05, 0.1) is 40.2 Å². The van der Waals surface area contributed by atoms with Crippen molar-refractivity contribution >= 4 is 51.4 Å². The van der Waals surface area contributed by atoms with Gasteiger partial charge in [-0.25, -0.2) is 39.1 Å². The number of ether oxygens (including phenoxy) is 5. The van der Waals surface area contributed by atoms with E-state index in [-0.39, 0.29) is 91.2 Å². The van der Waals surface area contributed by atoms with Crippen LogP contribution in [0.3, 0.4) is 0 Å². The van der Waals surface area contributed by atoms with E-state index in [1.165, 1.54) is 79.0 Å². The van der Waals surface area contributed by atoms with Crippen LogP contribution >= 0.6 is 45.3 Å². The minimum atomic E-state index is -0.516. The largest absolute Gasteiger partial charge is 0.476 e. The number of hydrogen-bond acceptors (Lipinski definition) is 37. The van der Waals surface area contributed by atoms with Gasteiger partial charge in [-0.3, -0.25) is 0 Å². The van der Waals surface area contributed by atoms with Crippen LogP contribution in [0, 0.1) is 19.3 Å². The molecule has 12 heterocycles. The molecular formula is C43H40N32O9S4. The summed E-state index contributed by atoms with van der Waals surface area (Å²) in [6, 6.07) is 0. The summed E-state index contributed by atoms with van der Waals surface area (Å²) in [5, 5.41) is 81.8. The van der Waals surface area contributed by atoms with Crippen LogP contribution in [0.5, 0.6) is 26.7 Å². The molecule has 0 fully saturated rings. The Labute approximate surface area is 510 Å². The minimum absolute atomic E-state index is 0.00910. The number of hydrogen-bond donors (Lipinski definition) is 0. The SMILES string of the molecule is [3H]c1csc(OCc2c(C#C)nnnc2-n2nnn(C)c2=O)n1.[3H]c1csc(OCc2c(C)nnnc2-n2nnn(C)c2=O)n1.[3H]c1csc(OCc2c(C=C)nnnc2-n2nnn(C)c2=O)n1.[3H]c1csc(OCc2c(OCC)nnnc2-n2nnn(C)c2=O)n1. The van der Waals surface area contributed by atoms with E-state index in [1.807, 2.05) is 0 Å². The molecule has 450 valence electrons. The summed E-state index contributed by atoms with van der Waals surface area (Å²) in [4.78, 5) is 63.5. The number of terminal acetylenes is 1. The van der Waals surface area contributed by atoms with Gasteiger partial charge in [0, 0.05) is 74.4 Å². The Hall–Kier alpha value is -11.7. The zero-order valence-electron chi connectivity index (χ0n) is 49.8. The Morgan fingerprint density at radius 1 is 0.489 bits per heavy atom. The molecular weight excluding hydrogens is 1240 g/mol. The Bertz CT molecular complexity index is 4850. The van der Waals surface area contributed by atoms with Crippen molar-refractivity contribution in [2.24, 2.45) is 28.2 Å². The molecule has 0 aliphatic rings. The summed E-state index contributed by atoms with van der Waals surface area (Å²) in [6.07, 6.45) is 7.33. The van der Waals surface area contributed by atoms with Crippen molar-refractivity contribution in [2.45, 2.75) is 40.3 Å². The lowest BCUT2D eigenvalue weighted by Crippen LogP contribution is -2.25. The highest BCUT2D eigenvalue weighted by molar-refractivity contribution is 7.12. The van der Waals surface area contributed by atoms with Crippen molar-refractivity contribution in [1.82, 2.24) is 161 Å². The number of nitrogens with zero attached hydrogens (tertiary/aromatic N) is 32. The van der Waals surface area contributed by atoms with Crippen molar-refractivity contribution in [1.29, 1.82) is 0 Å². The molecule has 0 aliphatic carbocycles. The molecule has 0 saturated carbocycles. The fraction of sp³-hybridized carbons (Fsp3) is 0.256. The maximum Gasteiger partial charge on any atom is 0.369 e. The van der Waals surface area contributed by atoms with E-state index in [2.05, 4.69) is 136 Å². The average molecular weight is 1290 g/mol. The van der Waals surface area contributed by atoms with Gasteiger partial charge in [-0.15, -0.1) is 60.8 Å². The van der Waals surface area contributed by atoms with Gasteiger partial charge in [0.15, 0.2) is 23.3 Å². The summed E-state index contributed by atoms with van der Waals surface area (Å²) in [7, 11) is 5.86. The molecule has 0 aliphatic heterocycles. The molecule has 0 aromatic carbocycles. The fourth-order valence-electron chi connectivity index (χ4n) is 6.52. The summed E-state index contributed by atoms with van der Waals surface area (Å²) in [5.41, 5.74) is 0.866. The standard InChI is InChI=1S/C11H12N8O3S.C11H10N8O2S.C11H8N8O2S.C10H10N8O2S/c1-3-21-9-7(6-22-10-12-4-5-23-10)8(13-15-14-9)19-11(20)18(2)16-17-19;2*1-3-8-7(6-21-10-12-4-5-22-10)9(14-15-13-8)19-11(20)18(2)16-17-19;1-6-7(5-20-9-11-3-4-21-9)8(13-14-12-6)18-10(19)17(2)15-16-18/h4-5H,3,6H2,1-2H3;3-5H,1,6H2,2H3;1,4-5H,6H2,2H3;3-4H,5H2,1-2H3/i3*4T;3T. The van der Waals surface area contributed by atoms with E-state index < -0.39 is 22.8 Å². The molecule has 0 saturated heterocycles. The number of aryl methyl sites for hydroxylation is 5. The van der Waals surface area contributed by atoms with Crippen molar-refractivity contribution in [3.8, 4) is 62.3 Å². The Balaban J connectivity index is 0.000000145. The molecule has 0 atom stereocenters. The first kappa shape index (κ1) is 55.5. The van der Waals surface area contributed by atoms with Crippen LogP contribution in [-0.4, -0.2) is 167 Å². The Morgan fingerprint density at radius 3 is 1.22 bits per heavy atom. The Morgan fingerprint density at radius 2 is 0.841 bits per heavy atom. The molecule has 12 aromatic heterocycles. The van der Waals surface area contributed by atoms with E-state index in [1.54, 1.807) is 24.6 Å². The smallest absolute Gasteiger partial charge is 0.369 e. The average Bonchev–Trinajstić information content (AvgIpc) is 1.67. The number of rotatable bonds is 19. The van der Waals surface area contributed by atoms with Crippen molar-refractivity contribution in [3.63, 3.8) is 0 Å².